The molecule has 1 atom stereocenters. The van der Waals surface area contributed by atoms with E-state index in [2.05, 4.69) is 37.9 Å². The molecule has 0 aromatic carbocycles. The Morgan fingerprint density at radius 2 is 2.44 bits per heavy atom. The van der Waals surface area contributed by atoms with E-state index in [-0.39, 0.29) is 6.10 Å². The van der Waals surface area contributed by atoms with E-state index in [1.807, 2.05) is 11.6 Å². The van der Waals surface area contributed by atoms with Gasteiger partial charge in [0.05, 0.1) is 10.4 Å². The summed E-state index contributed by atoms with van der Waals surface area (Å²) in [4.78, 5) is 8.18. The molecule has 0 radical (unpaired) electrons. The Bertz CT molecular complexity index is 500. The van der Waals surface area contributed by atoms with Gasteiger partial charge in [0.1, 0.15) is 11.1 Å². The van der Waals surface area contributed by atoms with Crippen molar-refractivity contribution < 1.29 is 4.74 Å². The molecule has 2 aromatic rings. The van der Waals surface area contributed by atoms with Crippen LogP contribution < -0.4 is 0 Å². The van der Waals surface area contributed by atoms with Gasteiger partial charge in [-0.1, -0.05) is 0 Å². The van der Waals surface area contributed by atoms with Crippen LogP contribution in [0.5, 0.6) is 0 Å². The molecule has 3 nitrogen and oxygen atoms in total. The minimum atomic E-state index is 0.141. The maximum Gasteiger partial charge on any atom is 0.123 e. The molecular formula is C12H13BrN2OS2. The van der Waals surface area contributed by atoms with Crippen LogP contribution in [0, 0.1) is 0 Å². The Morgan fingerprint density at radius 3 is 3.17 bits per heavy atom. The number of halogens is 1. The van der Waals surface area contributed by atoms with Gasteiger partial charge in [0.25, 0.3) is 0 Å². The monoisotopic (exact) mass is 344 g/mol. The van der Waals surface area contributed by atoms with Crippen molar-refractivity contribution in [2.24, 2.45) is 0 Å². The number of ether oxygens (including phenoxy) is 1. The van der Waals surface area contributed by atoms with Crippen LogP contribution in [0.3, 0.4) is 0 Å². The molecule has 0 spiro atoms. The summed E-state index contributed by atoms with van der Waals surface area (Å²) in [5, 5.41) is 3.10. The number of thiophene rings is 1. The third-order valence-corrected chi connectivity index (χ3v) is 5.36. The van der Waals surface area contributed by atoms with Crippen LogP contribution in [0.2, 0.25) is 0 Å². The molecule has 1 fully saturated rings. The minimum absolute atomic E-state index is 0.141. The highest BCUT2D eigenvalue weighted by Gasteiger charge is 2.23. The molecule has 18 heavy (non-hydrogen) atoms. The van der Waals surface area contributed by atoms with E-state index in [0.29, 0.717) is 0 Å². The van der Waals surface area contributed by atoms with Gasteiger partial charge in [0.15, 0.2) is 0 Å². The van der Waals surface area contributed by atoms with Crippen LogP contribution in [0.4, 0.5) is 0 Å². The maximum absolute atomic E-state index is 5.80. The van der Waals surface area contributed by atoms with E-state index in [1.54, 1.807) is 22.7 Å². The topological polar surface area (TPSA) is 25.4 Å². The summed E-state index contributed by atoms with van der Waals surface area (Å²) in [7, 11) is 0. The summed E-state index contributed by atoms with van der Waals surface area (Å²) in [5.41, 5.74) is 0. The van der Waals surface area contributed by atoms with Crippen LogP contribution in [0.15, 0.2) is 27.5 Å². The molecule has 1 aliphatic heterocycles. The van der Waals surface area contributed by atoms with Crippen molar-refractivity contribution in [3.05, 3.63) is 37.4 Å². The van der Waals surface area contributed by atoms with Crippen LogP contribution in [0.25, 0.3) is 0 Å². The first-order valence-corrected chi connectivity index (χ1v) is 8.28. The Labute approximate surface area is 123 Å². The zero-order valence-electron chi connectivity index (χ0n) is 9.71. The predicted molar refractivity (Wildman–Crippen MR) is 78.1 cm³/mol. The fraction of sp³-hybridized carbons (Fsp3) is 0.417. The molecule has 6 heteroatoms. The molecule has 96 valence electrons. The first kappa shape index (κ1) is 12.7. The van der Waals surface area contributed by atoms with Gasteiger partial charge < -0.3 is 4.74 Å². The number of aromatic nitrogens is 1. The van der Waals surface area contributed by atoms with Crippen molar-refractivity contribution in [1.82, 2.24) is 9.88 Å². The van der Waals surface area contributed by atoms with Crippen molar-refractivity contribution in [3.63, 3.8) is 0 Å². The highest BCUT2D eigenvalue weighted by molar-refractivity contribution is 9.11. The van der Waals surface area contributed by atoms with Crippen LogP contribution in [0.1, 0.15) is 16.0 Å². The van der Waals surface area contributed by atoms with E-state index in [4.69, 9.17) is 4.74 Å². The lowest BCUT2D eigenvalue weighted by Crippen LogP contribution is -2.37. The molecule has 0 bridgehead atoms. The molecule has 1 saturated heterocycles. The Balaban J connectivity index is 1.63. The standard InChI is InChI=1S/C12H13BrN2OS2/c13-11-2-1-9(18-11)7-15-4-5-16-10(8-15)12-14-3-6-17-12/h1-3,6,10H,4-5,7-8H2/t10-/m0/s1. The van der Waals surface area contributed by atoms with Gasteiger partial charge in [-0.15, -0.1) is 22.7 Å². The molecule has 3 rings (SSSR count). The average molecular weight is 345 g/mol. The van der Waals surface area contributed by atoms with E-state index in [1.165, 1.54) is 8.66 Å². The van der Waals surface area contributed by atoms with Gasteiger partial charge in [0, 0.05) is 36.1 Å². The first-order chi connectivity index (χ1) is 8.81. The average Bonchev–Trinajstić information content (AvgIpc) is 3.01. The van der Waals surface area contributed by atoms with Crippen molar-refractivity contribution in [2.45, 2.75) is 12.6 Å². The second kappa shape index (κ2) is 5.79. The normalized spacial score (nSPS) is 21.3. The zero-order valence-corrected chi connectivity index (χ0v) is 12.9. The van der Waals surface area contributed by atoms with E-state index in [9.17, 15) is 0 Å². The minimum Gasteiger partial charge on any atom is -0.368 e. The van der Waals surface area contributed by atoms with Gasteiger partial charge in [-0.05, 0) is 28.1 Å². The summed E-state index contributed by atoms with van der Waals surface area (Å²) >= 11 is 6.98. The first-order valence-electron chi connectivity index (χ1n) is 5.79. The molecule has 0 unspecified atom stereocenters. The fourth-order valence-corrected chi connectivity index (χ4v) is 4.25. The van der Waals surface area contributed by atoms with Gasteiger partial charge in [-0.2, -0.15) is 0 Å². The SMILES string of the molecule is Brc1ccc(CN2CCO[C@H](c3nccs3)C2)s1. The second-order valence-corrected chi connectivity index (χ2v) is 7.64. The number of hydrogen-bond acceptors (Lipinski definition) is 5. The highest BCUT2D eigenvalue weighted by Crippen LogP contribution is 2.27. The Morgan fingerprint density at radius 1 is 1.50 bits per heavy atom. The second-order valence-electron chi connectivity index (χ2n) is 4.17. The van der Waals surface area contributed by atoms with E-state index >= 15 is 0 Å². The maximum atomic E-state index is 5.80. The summed E-state index contributed by atoms with van der Waals surface area (Å²) in [6.07, 6.45) is 1.99. The molecular weight excluding hydrogens is 332 g/mol. The van der Waals surface area contributed by atoms with Crippen LogP contribution in [-0.2, 0) is 11.3 Å². The van der Waals surface area contributed by atoms with E-state index < -0.39 is 0 Å². The third-order valence-electron chi connectivity index (χ3n) is 2.89. The Kier molecular flexibility index (Phi) is 4.10. The summed E-state index contributed by atoms with van der Waals surface area (Å²) < 4.78 is 6.99. The lowest BCUT2D eigenvalue weighted by molar-refractivity contribution is -0.0327. The third kappa shape index (κ3) is 3.00. The molecule has 0 saturated carbocycles. The molecule has 0 amide bonds. The number of rotatable bonds is 3. The summed E-state index contributed by atoms with van der Waals surface area (Å²) in [5.74, 6) is 0. The number of thiazole rings is 1. The fourth-order valence-electron chi connectivity index (χ4n) is 2.05. The van der Waals surface area contributed by atoms with Gasteiger partial charge in [0.2, 0.25) is 0 Å². The molecule has 2 aromatic heterocycles. The summed E-state index contributed by atoms with van der Waals surface area (Å²) in [6, 6.07) is 4.29. The van der Waals surface area contributed by atoms with Gasteiger partial charge in [-0.25, -0.2) is 4.98 Å². The number of morpholine rings is 1. The smallest absolute Gasteiger partial charge is 0.123 e. The van der Waals surface area contributed by atoms with Gasteiger partial charge >= 0.3 is 0 Å². The van der Waals surface area contributed by atoms with Crippen molar-refractivity contribution in [2.75, 3.05) is 19.7 Å². The highest BCUT2D eigenvalue weighted by atomic mass is 79.9. The lowest BCUT2D eigenvalue weighted by Gasteiger charge is -2.31. The van der Waals surface area contributed by atoms with Crippen molar-refractivity contribution >= 4 is 38.6 Å². The molecule has 3 heterocycles. The van der Waals surface area contributed by atoms with Crippen molar-refractivity contribution in [1.29, 1.82) is 0 Å². The number of hydrogen-bond donors (Lipinski definition) is 0. The van der Waals surface area contributed by atoms with Crippen molar-refractivity contribution in [3.8, 4) is 0 Å². The Hall–Kier alpha value is -0.270. The van der Waals surface area contributed by atoms with E-state index in [0.717, 1.165) is 31.2 Å². The molecule has 1 aliphatic rings. The molecule has 0 aliphatic carbocycles. The number of nitrogens with zero attached hydrogens (tertiary/aromatic N) is 2. The van der Waals surface area contributed by atoms with Crippen LogP contribution in [-0.4, -0.2) is 29.6 Å². The largest absolute Gasteiger partial charge is 0.368 e. The molecule has 0 N–H and O–H groups in total. The predicted octanol–water partition coefficient (Wildman–Crippen LogP) is 3.54. The zero-order chi connectivity index (χ0) is 12.4. The summed E-state index contributed by atoms with van der Waals surface area (Å²) in [6.45, 7) is 3.72. The lowest BCUT2D eigenvalue weighted by atomic mass is 10.2. The van der Waals surface area contributed by atoms with Gasteiger partial charge in [-0.3, -0.25) is 4.90 Å². The van der Waals surface area contributed by atoms with Crippen LogP contribution >= 0.6 is 38.6 Å². The quantitative estimate of drug-likeness (QED) is 0.851.